The van der Waals surface area contributed by atoms with Gasteiger partial charge in [-0.1, -0.05) is 6.92 Å². The van der Waals surface area contributed by atoms with E-state index in [0.717, 1.165) is 12.1 Å². The Labute approximate surface area is 92.0 Å². The van der Waals surface area contributed by atoms with Crippen molar-refractivity contribution >= 4 is 15.6 Å². The zero-order valence-corrected chi connectivity index (χ0v) is 9.35. The topological polar surface area (TPSA) is 51.2 Å². The molecule has 0 spiro atoms. The highest BCUT2D eigenvalue weighted by Gasteiger charge is 2.22. The molecule has 1 rings (SSSR count). The molecule has 1 aromatic carbocycles. The maximum Gasteiger partial charge on any atom is 0.188 e. The van der Waals surface area contributed by atoms with Crippen LogP contribution in [-0.4, -0.2) is 20.0 Å². The Bertz CT molecular complexity index is 509. The van der Waals surface area contributed by atoms with E-state index < -0.39 is 37.9 Å². The third-order valence-electron chi connectivity index (χ3n) is 1.97. The van der Waals surface area contributed by atoms with Gasteiger partial charge in [-0.05, 0) is 12.1 Å². The Morgan fingerprint density at radius 3 is 2.44 bits per heavy atom. The first-order chi connectivity index (χ1) is 7.36. The molecule has 6 heteroatoms. The summed E-state index contributed by atoms with van der Waals surface area (Å²) in [5.41, 5.74) is 0. The van der Waals surface area contributed by atoms with E-state index in [1.807, 2.05) is 0 Å². The standard InChI is InChI=1S/C10H10F2O3S/c1-2-8(13)6-16(14,15)10-4-3-7(11)5-9(10)12/h3-5H,2,6H2,1H3. The minimum Gasteiger partial charge on any atom is -0.299 e. The molecule has 0 saturated carbocycles. The second-order valence-corrected chi connectivity index (χ2v) is 5.18. The normalized spacial score (nSPS) is 11.4. The molecule has 0 atom stereocenters. The number of rotatable bonds is 4. The van der Waals surface area contributed by atoms with Crippen molar-refractivity contribution in [3.63, 3.8) is 0 Å². The van der Waals surface area contributed by atoms with Gasteiger partial charge in [-0.25, -0.2) is 17.2 Å². The van der Waals surface area contributed by atoms with Crippen molar-refractivity contribution in [1.82, 2.24) is 0 Å². The van der Waals surface area contributed by atoms with E-state index in [1.165, 1.54) is 6.92 Å². The molecule has 0 bridgehead atoms. The van der Waals surface area contributed by atoms with Crippen LogP contribution in [0.25, 0.3) is 0 Å². The summed E-state index contributed by atoms with van der Waals surface area (Å²) in [6.07, 6.45) is 0.0576. The van der Waals surface area contributed by atoms with Crippen LogP contribution in [0, 0.1) is 11.6 Å². The maximum atomic E-state index is 13.2. The van der Waals surface area contributed by atoms with Crippen LogP contribution >= 0.6 is 0 Å². The fourth-order valence-corrected chi connectivity index (χ4v) is 2.53. The first-order valence-electron chi connectivity index (χ1n) is 4.56. The van der Waals surface area contributed by atoms with Crippen molar-refractivity contribution < 1.29 is 22.0 Å². The lowest BCUT2D eigenvalue weighted by Gasteiger charge is -2.04. The SMILES string of the molecule is CCC(=O)CS(=O)(=O)c1ccc(F)cc1F. The summed E-state index contributed by atoms with van der Waals surface area (Å²) in [4.78, 5) is 10.4. The number of carbonyl (C=O) groups is 1. The average Bonchev–Trinajstić information content (AvgIpc) is 2.16. The van der Waals surface area contributed by atoms with E-state index in [0.29, 0.717) is 6.07 Å². The molecule has 0 fully saturated rings. The van der Waals surface area contributed by atoms with E-state index in [4.69, 9.17) is 0 Å². The molecule has 0 aliphatic heterocycles. The van der Waals surface area contributed by atoms with Gasteiger partial charge < -0.3 is 0 Å². The number of benzene rings is 1. The number of ketones is 1. The van der Waals surface area contributed by atoms with Crippen molar-refractivity contribution in [2.45, 2.75) is 18.2 Å². The van der Waals surface area contributed by atoms with Gasteiger partial charge in [0.05, 0.1) is 0 Å². The number of halogens is 2. The van der Waals surface area contributed by atoms with E-state index in [9.17, 15) is 22.0 Å². The van der Waals surface area contributed by atoms with Gasteiger partial charge in [-0.15, -0.1) is 0 Å². The molecular weight excluding hydrogens is 238 g/mol. The number of Topliss-reactive ketones (excluding diaryl/α,β-unsaturated/α-hetero) is 1. The maximum absolute atomic E-state index is 13.2. The lowest BCUT2D eigenvalue weighted by Crippen LogP contribution is -2.16. The first kappa shape index (κ1) is 12.8. The fraction of sp³-hybridized carbons (Fsp3) is 0.300. The van der Waals surface area contributed by atoms with Gasteiger partial charge in [-0.2, -0.15) is 0 Å². The average molecular weight is 248 g/mol. The molecule has 0 saturated heterocycles. The van der Waals surface area contributed by atoms with Gasteiger partial charge in [0.1, 0.15) is 28.1 Å². The Kier molecular flexibility index (Phi) is 3.74. The number of carbonyl (C=O) groups excluding carboxylic acids is 1. The monoisotopic (exact) mass is 248 g/mol. The predicted molar refractivity (Wildman–Crippen MR) is 53.7 cm³/mol. The quantitative estimate of drug-likeness (QED) is 0.762. The van der Waals surface area contributed by atoms with Crippen LogP contribution in [0.15, 0.2) is 23.1 Å². The molecule has 88 valence electrons. The zero-order chi connectivity index (χ0) is 12.3. The smallest absolute Gasteiger partial charge is 0.188 e. The van der Waals surface area contributed by atoms with E-state index in [1.54, 1.807) is 0 Å². The Hall–Kier alpha value is -1.30. The number of sulfone groups is 1. The first-order valence-corrected chi connectivity index (χ1v) is 6.21. The van der Waals surface area contributed by atoms with Gasteiger partial charge in [0.15, 0.2) is 9.84 Å². The predicted octanol–water partition coefficient (Wildman–Crippen LogP) is 1.72. The van der Waals surface area contributed by atoms with Crippen LogP contribution in [0.1, 0.15) is 13.3 Å². The number of hydrogen-bond acceptors (Lipinski definition) is 3. The van der Waals surface area contributed by atoms with Crippen molar-refractivity contribution in [3.8, 4) is 0 Å². The lowest BCUT2D eigenvalue weighted by molar-refractivity contribution is -0.116. The summed E-state index contributed by atoms with van der Waals surface area (Å²) in [5, 5.41) is 0. The molecule has 16 heavy (non-hydrogen) atoms. The number of hydrogen-bond donors (Lipinski definition) is 0. The summed E-state index contributed by atoms with van der Waals surface area (Å²) in [6, 6.07) is 2.14. The van der Waals surface area contributed by atoms with Crippen LogP contribution in [0.4, 0.5) is 8.78 Å². The summed E-state index contributed by atoms with van der Waals surface area (Å²) < 4.78 is 48.8. The minimum atomic E-state index is -4.01. The molecule has 3 nitrogen and oxygen atoms in total. The Morgan fingerprint density at radius 1 is 1.31 bits per heavy atom. The van der Waals surface area contributed by atoms with Crippen LogP contribution < -0.4 is 0 Å². The third kappa shape index (κ3) is 2.85. The van der Waals surface area contributed by atoms with Crippen LogP contribution in [-0.2, 0) is 14.6 Å². The summed E-state index contributed by atoms with van der Waals surface area (Å²) >= 11 is 0. The molecule has 0 radical (unpaired) electrons. The van der Waals surface area contributed by atoms with E-state index in [2.05, 4.69) is 0 Å². The van der Waals surface area contributed by atoms with Crippen molar-refractivity contribution in [3.05, 3.63) is 29.8 Å². The molecule has 0 N–H and O–H groups in total. The van der Waals surface area contributed by atoms with E-state index in [-0.39, 0.29) is 6.42 Å². The molecule has 0 aromatic heterocycles. The van der Waals surface area contributed by atoms with Crippen LogP contribution in [0.3, 0.4) is 0 Å². The Balaban J connectivity index is 3.13. The Morgan fingerprint density at radius 2 is 1.94 bits per heavy atom. The van der Waals surface area contributed by atoms with Gasteiger partial charge in [-0.3, -0.25) is 4.79 Å². The van der Waals surface area contributed by atoms with Gasteiger partial charge in [0, 0.05) is 12.5 Å². The summed E-state index contributed by atoms with van der Waals surface area (Å²) in [7, 11) is -4.01. The van der Waals surface area contributed by atoms with Crippen molar-refractivity contribution in [2.75, 3.05) is 5.75 Å². The van der Waals surface area contributed by atoms with Crippen molar-refractivity contribution in [2.24, 2.45) is 0 Å². The van der Waals surface area contributed by atoms with E-state index >= 15 is 0 Å². The fourth-order valence-electron chi connectivity index (χ4n) is 1.12. The zero-order valence-electron chi connectivity index (χ0n) is 8.54. The van der Waals surface area contributed by atoms with Crippen molar-refractivity contribution in [1.29, 1.82) is 0 Å². The largest absolute Gasteiger partial charge is 0.299 e. The molecule has 0 aliphatic rings. The van der Waals surface area contributed by atoms with Crippen LogP contribution in [0.2, 0.25) is 0 Å². The van der Waals surface area contributed by atoms with Gasteiger partial charge >= 0.3 is 0 Å². The summed E-state index contributed by atoms with van der Waals surface area (Å²) in [6.45, 7) is 1.51. The van der Waals surface area contributed by atoms with Gasteiger partial charge in [0.2, 0.25) is 0 Å². The molecule has 0 aliphatic carbocycles. The summed E-state index contributed by atoms with van der Waals surface area (Å²) in [5.74, 6) is -3.31. The van der Waals surface area contributed by atoms with Gasteiger partial charge in [0.25, 0.3) is 0 Å². The highest BCUT2D eigenvalue weighted by Crippen LogP contribution is 2.17. The molecule has 0 heterocycles. The molecule has 1 aromatic rings. The highest BCUT2D eigenvalue weighted by molar-refractivity contribution is 7.92. The molecule has 0 amide bonds. The lowest BCUT2D eigenvalue weighted by atomic mass is 10.3. The van der Waals surface area contributed by atoms with Crippen LogP contribution in [0.5, 0.6) is 0 Å². The second kappa shape index (κ2) is 4.69. The third-order valence-corrected chi connectivity index (χ3v) is 3.68. The molecular formula is C10H10F2O3S. The minimum absolute atomic E-state index is 0.0576. The second-order valence-electron chi connectivity index (χ2n) is 3.23. The molecule has 0 unspecified atom stereocenters. The highest BCUT2D eigenvalue weighted by atomic mass is 32.2.